The van der Waals surface area contributed by atoms with E-state index < -0.39 is 0 Å². The van der Waals surface area contributed by atoms with Crippen LogP contribution in [0.2, 0.25) is 0 Å². The van der Waals surface area contributed by atoms with Crippen molar-refractivity contribution in [1.82, 2.24) is 0 Å². The third-order valence-corrected chi connectivity index (χ3v) is 3.16. The highest BCUT2D eigenvalue weighted by atomic mass is 28.2. The monoisotopic (exact) mass is 161 g/mol. The summed E-state index contributed by atoms with van der Waals surface area (Å²) >= 11 is 0. The molecule has 0 aliphatic rings. The minimum Gasteiger partial charge on any atom is -0.107 e. The van der Waals surface area contributed by atoms with E-state index in [2.05, 4.69) is 38.6 Å². The number of aryl methyl sites for hydroxylation is 1. The summed E-state index contributed by atoms with van der Waals surface area (Å²) in [5.74, 6) is 0. The maximum Gasteiger partial charge on any atom is 0.0931 e. The van der Waals surface area contributed by atoms with Gasteiger partial charge in [-0.3, -0.25) is 0 Å². The van der Waals surface area contributed by atoms with E-state index in [4.69, 9.17) is 0 Å². The van der Waals surface area contributed by atoms with Crippen LogP contribution in [0.5, 0.6) is 0 Å². The van der Waals surface area contributed by atoms with Crippen molar-refractivity contribution in [2.75, 3.05) is 0 Å². The van der Waals surface area contributed by atoms with Gasteiger partial charge in [-0.2, -0.15) is 0 Å². The van der Waals surface area contributed by atoms with Crippen LogP contribution in [0, 0.1) is 13.8 Å². The van der Waals surface area contributed by atoms with Gasteiger partial charge in [0.1, 0.15) is 0 Å². The predicted molar refractivity (Wildman–Crippen MR) is 52.9 cm³/mol. The van der Waals surface area contributed by atoms with E-state index in [1.807, 2.05) is 5.70 Å². The molecule has 0 fully saturated rings. The Balaban J connectivity index is 3.05. The lowest BCUT2D eigenvalue weighted by atomic mass is 10.1. The summed E-state index contributed by atoms with van der Waals surface area (Å²) in [4.78, 5) is 0. The molecule has 0 N–H and O–H groups in total. The Morgan fingerprint density at radius 2 is 2.09 bits per heavy atom. The van der Waals surface area contributed by atoms with Crippen molar-refractivity contribution >= 4 is 14.7 Å². The van der Waals surface area contributed by atoms with Gasteiger partial charge in [0.15, 0.2) is 0 Å². The van der Waals surface area contributed by atoms with E-state index in [9.17, 15) is 0 Å². The Kier molecular flexibility index (Phi) is 2.66. The molecule has 1 heteroatoms. The molecule has 0 aromatic heterocycles. The minimum absolute atomic E-state index is 0.279. The van der Waals surface area contributed by atoms with Crippen LogP contribution in [0.1, 0.15) is 11.1 Å². The predicted octanol–water partition coefficient (Wildman–Crippen LogP) is 1.51. The molecule has 0 unspecified atom stereocenters. The molecule has 1 aromatic rings. The lowest BCUT2D eigenvalue weighted by Gasteiger charge is -2.04. The normalized spacial score (nSPS) is 9.64. The summed E-state index contributed by atoms with van der Waals surface area (Å²) in [6.45, 7) is 8.10. The highest BCUT2D eigenvalue weighted by Crippen LogP contribution is 2.01. The molecule has 0 spiro atoms. The zero-order chi connectivity index (χ0) is 8.27. The zero-order valence-electron chi connectivity index (χ0n) is 7.09. The van der Waals surface area contributed by atoms with E-state index in [1.54, 1.807) is 0 Å². The highest BCUT2D eigenvalue weighted by Gasteiger charge is 1.97. The van der Waals surface area contributed by atoms with Gasteiger partial charge in [0.2, 0.25) is 0 Å². The zero-order valence-corrected chi connectivity index (χ0v) is 8.25. The second-order valence-corrected chi connectivity index (χ2v) is 4.12. The molecule has 11 heavy (non-hydrogen) atoms. The third-order valence-electron chi connectivity index (χ3n) is 1.94. The summed E-state index contributed by atoms with van der Waals surface area (Å²) in [6.07, 6.45) is 0. The van der Waals surface area contributed by atoms with Crippen molar-refractivity contribution in [1.29, 1.82) is 0 Å². The van der Waals surface area contributed by atoms with Crippen LogP contribution in [0.4, 0.5) is 0 Å². The standard InChI is InChI=1S/C10H13Si/c1-4-11-10-7-5-6-8(2)9(10)3/h4-7,11H,1H2,2-3H3. The van der Waals surface area contributed by atoms with Crippen molar-refractivity contribution in [3.8, 4) is 0 Å². The first-order valence-corrected chi connectivity index (χ1v) is 5.02. The molecule has 1 aromatic carbocycles. The molecule has 0 nitrogen and oxygen atoms in total. The van der Waals surface area contributed by atoms with Crippen LogP contribution in [0.3, 0.4) is 0 Å². The van der Waals surface area contributed by atoms with Crippen molar-refractivity contribution in [3.05, 3.63) is 41.6 Å². The van der Waals surface area contributed by atoms with Crippen molar-refractivity contribution in [3.63, 3.8) is 0 Å². The Morgan fingerprint density at radius 1 is 1.36 bits per heavy atom. The summed E-state index contributed by atoms with van der Waals surface area (Å²) in [5.41, 5.74) is 4.85. The van der Waals surface area contributed by atoms with Crippen molar-refractivity contribution in [2.45, 2.75) is 13.8 Å². The molecular formula is C10H13Si. The number of benzene rings is 1. The summed E-state index contributed by atoms with van der Waals surface area (Å²) in [7, 11) is 0.279. The largest absolute Gasteiger partial charge is 0.107 e. The number of hydrogen-bond donors (Lipinski definition) is 0. The van der Waals surface area contributed by atoms with Crippen LogP contribution in [0.25, 0.3) is 0 Å². The first-order valence-electron chi connectivity index (χ1n) is 3.77. The lowest BCUT2D eigenvalue weighted by Crippen LogP contribution is -2.16. The van der Waals surface area contributed by atoms with Gasteiger partial charge in [0.25, 0.3) is 0 Å². The topological polar surface area (TPSA) is 0 Å². The quantitative estimate of drug-likeness (QED) is 0.577. The first kappa shape index (κ1) is 8.28. The van der Waals surface area contributed by atoms with E-state index >= 15 is 0 Å². The summed E-state index contributed by atoms with van der Waals surface area (Å²) in [5, 5.41) is 1.47. The van der Waals surface area contributed by atoms with Gasteiger partial charge in [-0.1, -0.05) is 23.4 Å². The van der Waals surface area contributed by atoms with Gasteiger partial charge in [0.05, 0.1) is 9.52 Å². The Bertz CT molecular complexity index is 264. The van der Waals surface area contributed by atoms with Gasteiger partial charge in [-0.15, -0.1) is 12.3 Å². The maximum absolute atomic E-state index is 3.76. The second kappa shape index (κ2) is 3.53. The van der Waals surface area contributed by atoms with Gasteiger partial charge in [-0.05, 0) is 25.0 Å². The van der Waals surface area contributed by atoms with Crippen LogP contribution in [-0.2, 0) is 0 Å². The van der Waals surface area contributed by atoms with Crippen LogP contribution in [0.15, 0.2) is 30.5 Å². The Labute approximate surface area is 70.8 Å². The van der Waals surface area contributed by atoms with E-state index in [1.165, 1.54) is 16.3 Å². The molecule has 0 atom stereocenters. The molecule has 0 saturated carbocycles. The average Bonchev–Trinajstić information content (AvgIpc) is 1.99. The molecule has 0 heterocycles. The average molecular weight is 161 g/mol. The number of hydrogen-bond acceptors (Lipinski definition) is 0. The molecule has 57 valence electrons. The molecule has 1 rings (SSSR count). The van der Waals surface area contributed by atoms with Crippen LogP contribution in [-0.4, -0.2) is 9.52 Å². The van der Waals surface area contributed by atoms with Crippen LogP contribution >= 0.6 is 0 Å². The maximum atomic E-state index is 3.76. The first-order chi connectivity index (χ1) is 5.25. The lowest BCUT2D eigenvalue weighted by molar-refractivity contribution is 1.37. The van der Waals surface area contributed by atoms with Crippen molar-refractivity contribution in [2.24, 2.45) is 0 Å². The van der Waals surface area contributed by atoms with Gasteiger partial charge in [-0.25, -0.2) is 0 Å². The Hall–Kier alpha value is -0.823. The van der Waals surface area contributed by atoms with E-state index in [0.29, 0.717) is 0 Å². The molecule has 1 radical (unpaired) electrons. The molecule has 0 aliphatic heterocycles. The van der Waals surface area contributed by atoms with Gasteiger partial charge in [0, 0.05) is 0 Å². The van der Waals surface area contributed by atoms with Gasteiger partial charge >= 0.3 is 0 Å². The summed E-state index contributed by atoms with van der Waals surface area (Å²) < 4.78 is 0. The summed E-state index contributed by atoms with van der Waals surface area (Å²) in [6, 6.07) is 6.47. The molecular weight excluding hydrogens is 148 g/mol. The molecule has 0 saturated heterocycles. The smallest absolute Gasteiger partial charge is 0.0931 e. The van der Waals surface area contributed by atoms with Gasteiger partial charge < -0.3 is 0 Å². The minimum atomic E-state index is 0.279. The fraction of sp³-hybridized carbons (Fsp3) is 0.200. The fourth-order valence-electron chi connectivity index (χ4n) is 1.08. The van der Waals surface area contributed by atoms with Crippen LogP contribution < -0.4 is 5.19 Å². The number of rotatable bonds is 2. The molecule has 0 aliphatic carbocycles. The Morgan fingerprint density at radius 3 is 2.73 bits per heavy atom. The molecule has 0 bridgehead atoms. The fourth-order valence-corrected chi connectivity index (χ4v) is 2.04. The molecule has 0 amide bonds. The van der Waals surface area contributed by atoms with Crippen molar-refractivity contribution < 1.29 is 0 Å². The van der Waals surface area contributed by atoms with E-state index in [0.717, 1.165) is 0 Å². The second-order valence-electron chi connectivity index (χ2n) is 2.69. The third kappa shape index (κ3) is 1.81. The van der Waals surface area contributed by atoms with E-state index in [-0.39, 0.29) is 9.52 Å². The highest BCUT2D eigenvalue weighted by molar-refractivity contribution is 6.59. The SMILES string of the molecule is C=C[SiH]c1cccc(C)c1C.